The summed E-state index contributed by atoms with van der Waals surface area (Å²) in [5.74, 6) is -0.00648. The Morgan fingerprint density at radius 3 is 2.29 bits per heavy atom. The van der Waals surface area contributed by atoms with Crippen molar-refractivity contribution >= 4 is 21.6 Å². The van der Waals surface area contributed by atoms with Crippen molar-refractivity contribution in [1.29, 1.82) is 0 Å². The highest BCUT2D eigenvalue weighted by Gasteiger charge is 2.20. The van der Waals surface area contributed by atoms with Crippen LogP contribution in [0.3, 0.4) is 0 Å². The number of carbonyl (C=O) groups is 1. The van der Waals surface area contributed by atoms with Crippen molar-refractivity contribution in [3.8, 4) is 5.75 Å². The molecule has 0 saturated carbocycles. The summed E-state index contributed by atoms with van der Waals surface area (Å²) in [4.78, 5) is 11.5. The SMILES string of the molecule is CCOc1ccc(NS(=O)(=O)c2cc(C(N)=O)c(C)cc2C)cc1. The Labute approximate surface area is 141 Å². The number of hydrogen-bond acceptors (Lipinski definition) is 4. The lowest BCUT2D eigenvalue weighted by Crippen LogP contribution is -2.18. The molecule has 0 atom stereocenters. The van der Waals surface area contributed by atoms with E-state index in [-0.39, 0.29) is 10.5 Å². The molecule has 0 fully saturated rings. The zero-order valence-electron chi connectivity index (χ0n) is 13.8. The minimum Gasteiger partial charge on any atom is -0.494 e. The van der Waals surface area contributed by atoms with Crippen LogP contribution in [0.4, 0.5) is 5.69 Å². The zero-order valence-corrected chi connectivity index (χ0v) is 14.6. The quantitative estimate of drug-likeness (QED) is 0.838. The van der Waals surface area contributed by atoms with Crippen molar-refractivity contribution in [1.82, 2.24) is 0 Å². The predicted molar refractivity (Wildman–Crippen MR) is 92.9 cm³/mol. The molecule has 2 aromatic rings. The lowest BCUT2D eigenvalue weighted by molar-refractivity contribution is 0.0999. The van der Waals surface area contributed by atoms with Gasteiger partial charge in [-0.2, -0.15) is 0 Å². The molecule has 0 heterocycles. The molecule has 0 bridgehead atoms. The van der Waals surface area contributed by atoms with E-state index in [2.05, 4.69) is 4.72 Å². The summed E-state index contributed by atoms with van der Waals surface area (Å²) in [5.41, 5.74) is 7.07. The first-order valence-electron chi connectivity index (χ1n) is 7.41. The van der Waals surface area contributed by atoms with Gasteiger partial charge in [-0.3, -0.25) is 9.52 Å². The average molecular weight is 348 g/mol. The molecule has 2 aromatic carbocycles. The van der Waals surface area contributed by atoms with Gasteiger partial charge in [0.2, 0.25) is 5.91 Å². The first kappa shape index (κ1) is 17.8. The minimum atomic E-state index is -3.84. The molecule has 0 aliphatic carbocycles. The van der Waals surface area contributed by atoms with Gasteiger partial charge in [0.15, 0.2) is 0 Å². The molecule has 0 spiro atoms. The second kappa shape index (κ2) is 6.92. The Morgan fingerprint density at radius 2 is 1.75 bits per heavy atom. The van der Waals surface area contributed by atoms with E-state index in [4.69, 9.17) is 10.5 Å². The number of carbonyl (C=O) groups excluding carboxylic acids is 1. The van der Waals surface area contributed by atoms with Gasteiger partial charge in [-0.05, 0) is 62.2 Å². The Balaban J connectivity index is 2.36. The molecule has 0 aromatic heterocycles. The van der Waals surface area contributed by atoms with Gasteiger partial charge < -0.3 is 10.5 Å². The maximum absolute atomic E-state index is 12.6. The summed E-state index contributed by atoms with van der Waals surface area (Å²) in [6.07, 6.45) is 0. The molecule has 2 rings (SSSR count). The van der Waals surface area contributed by atoms with Crippen LogP contribution >= 0.6 is 0 Å². The lowest BCUT2D eigenvalue weighted by atomic mass is 10.1. The summed E-state index contributed by atoms with van der Waals surface area (Å²) in [6, 6.07) is 9.52. The molecular formula is C17H20N2O4S. The maximum atomic E-state index is 12.6. The van der Waals surface area contributed by atoms with Crippen molar-refractivity contribution in [2.24, 2.45) is 5.73 Å². The third kappa shape index (κ3) is 3.86. The normalized spacial score (nSPS) is 11.1. The number of ether oxygens (including phenoxy) is 1. The summed E-state index contributed by atoms with van der Waals surface area (Å²) in [7, 11) is -3.84. The van der Waals surface area contributed by atoms with Gasteiger partial charge in [-0.15, -0.1) is 0 Å². The average Bonchev–Trinajstić information content (AvgIpc) is 2.48. The van der Waals surface area contributed by atoms with Gasteiger partial charge in [-0.25, -0.2) is 8.42 Å². The highest BCUT2D eigenvalue weighted by atomic mass is 32.2. The largest absolute Gasteiger partial charge is 0.494 e. The van der Waals surface area contributed by atoms with Gasteiger partial charge >= 0.3 is 0 Å². The Kier molecular flexibility index (Phi) is 5.14. The number of nitrogens with two attached hydrogens (primary N) is 1. The monoisotopic (exact) mass is 348 g/mol. The summed E-state index contributed by atoms with van der Waals surface area (Å²) >= 11 is 0. The first-order valence-corrected chi connectivity index (χ1v) is 8.89. The summed E-state index contributed by atoms with van der Waals surface area (Å²) in [6.45, 7) is 5.78. The molecule has 0 saturated heterocycles. The smallest absolute Gasteiger partial charge is 0.262 e. The molecule has 0 unspecified atom stereocenters. The summed E-state index contributed by atoms with van der Waals surface area (Å²) < 4.78 is 33.1. The molecule has 128 valence electrons. The molecule has 6 nitrogen and oxygen atoms in total. The third-order valence-corrected chi connectivity index (χ3v) is 5.02. The fourth-order valence-corrected chi connectivity index (χ4v) is 3.70. The topological polar surface area (TPSA) is 98.5 Å². The fourth-order valence-electron chi connectivity index (χ4n) is 2.38. The predicted octanol–water partition coefficient (Wildman–Crippen LogP) is 2.60. The van der Waals surface area contributed by atoms with Gasteiger partial charge in [0.25, 0.3) is 10.0 Å². The molecule has 0 aliphatic rings. The van der Waals surface area contributed by atoms with Crippen molar-refractivity contribution in [2.45, 2.75) is 25.7 Å². The minimum absolute atomic E-state index is 0.0239. The Morgan fingerprint density at radius 1 is 1.12 bits per heavy atom. The van der Waals surface area contributed by atoms with Crippen LogP contribution in [0.25, 0.3) is 0 Å². The highest BCUT2D eigenvalue weighted by molar-refractivity contribution is 7.92. The van der Waals surface area contributed by atoms with Crippen LogP contribution in [0, 0.1) is 13.8 Å². The molecular weight excluding hydrogens is 328 g/mol. The van der Waals surface area contributed by atoms with Crippen molar-refractivity contribution < 1.29 is 17.9 Å². The van der Waals surface area contributed by atoms with Crippen molar-refractivity contribution in [3.63, 3.8) is 0 Å². The molecule has 0 aliphatic heterocycles. The van der Waals surface area contributed by atoms with E-state index in [1.54, 1.807) is 44.2 Å². The molecule has 24 heavy (non-hydrogen) atoms. The Bertz CT molecular complexity index is 859. The van der Waals surface area contributed by atoms with E-state index in [1.165, 1.54) is 6.07 Å². The summed E-state index contributed by atoms with van der Waals surface area (Å²) in [5, 5.41) is 0. The fraction of sp³-hybridized carbons (Fsp3) is 0.235. The van der Waals surface area contributed by atoms with Crippen LogP contribution in [0.1, 0.15) is 28.4 Å². The number of sulfonamides is 1. The van der Waals surface area contributed by atoms with Gasteiger partial charge in [0.05, 0.1) is 11.5 Å². The molecule has 1 amide bonds. The van der Waals surface area contributed by atoms with E-state index >= 15 is 0 Å². The number of nitrogens with one attached hydrogen (secondary N) is 1. The molecule has 3 N–H and O–H groups in total. The number of benzene rings is 2. The molecule has 0 radical (unpaired) electrons. The van der Waals surface area contributed by atoms with Gasteiger partial charge in [0.1, 0.15) is 5.75 Å². The van der Waals surface area contributed by atoms with E-state index in [9.17, 15) is 13.2 Å². The number of hydrogen-bond donors (Lipinski definition) is 2. The maximum Gasteiger partial charge on any atom is 0.262 e. The van der Waals surface area contributed by atoms with Crippen molar-refractivity contribution in [3.05, 3.63) is 53.1 Å². The number of primary amides is 1. The van der Waals surface area contributed by atoms with E-state index < -0.39 is 15.9 Å². The number of aryl methyl sites for hydroxylation is 2. The van der Waals surface area contributed by atoms with Crippen LogP contribution < -0.4 is 15.2 Å². The standard InChI is InChI=1S/C17H20N2O4S/c1-4-23-14-7-5-13(6-8-14)19-24(21,22)16-10-15(17(18)20)11(2)9-12(16)3/h5-10,19H,4H2,1-3H3,(H2,18,20). The molecule has 7 heteroatoms. The van der Waals surface area contributed by atoms with Gasteiger partial charge in [0, 0.05) is 11.3 Å². The van der Waals surface area contributed by atoms with Crippen LogP contribution in [0.2, 0.25) is 0 Å². The Hall–Kier alpha value is -2.54. The number of rotatable bonds is 6. The number of amides is 1. The highest BCUT2D eigenvalue weighted by Crippen LogP contribution is 2.24. The second-order valence-corrected chi connectivity index (χ2v) is 7.01. The van der Waals surface area contributed by atoms with Gasteiger partial charge in [-0.1, -0.05) is 6.07 Å². The lowest BCUT2D eigenvalue weighted by Gasteiger charge is -2.13. The zero-order chi connectivity index (χ0) is 17.9. The van der Waals surface area contributed by atoms with Crippen LogP contribution in [-0.2, 0) is 10.0 Å². The van der Waals surface area contributed by atoms with Crippen LogP contribution in [0.5, 0.6) is 5.75 Å². The van der Waals surface area contributed by atoms with Crippen LogP contribution in [-0.4, -0.2) is 20.9 Å². The van der Waals surface area contributed by atoms with E-state index in [1.807, 2.05) is 6.92 Å². The van der Waals surface area contributed by atoms with Crippen molar-refractivity contribution in [2.75, 3.05) is 11.3 Å². The van der Waals surface area contributed by atoms with E-state index in [0.29, 0.717) is 29.2 Å². The van der Waals surface area contributed by atoms with E-state index in [0.717, 1.165) is 0 Å². The van der Waals surface area contributed by atoms with Crippen LogP contribution in [0.15, 0.2) is 41.3 Å². The second-order valence-electron chi connectivity index (χ2n) is 5.36. The third-order valence-electron chi connectivity index (χ3n) is 3.49. The number of anilines is 1. The first-order chi connectivity index (χ1) is 11.2.